The number of rotatable bonds is 8. The summed E-state index contributed by atoms with van der Waals surface area (Å²) in [6, 6.07) is 0. The van der Waals surface area contributed by atoms with Gasteiger partial charge in [-0.05, 0) is 25.2 Å². The van der Waals surface area contributed by atoms with Crippen LogP contribution in [0.3, 0.4) is 0 Å². The molecule has 0 aromatic carbocycles. The summed E-state index contributed by atoms with van der Waals surface area (Å²) in [6.07, 6.45) is 2.37. The number of esters is 2. The van der Waals surface area contributed by atoms with Gasteiger partial charge in [0.15, 0.2) is 15.9 Å². The Kier molecular flexibility index (Phi) is 7.32. The lowest BCUT2D eigenvalue weighted by atomic mass is 10.1. The molecule has 1 saturated carbocycles. The Hall–Kier alpha value is -1.11. The summed E-state index contributed by atoms with van der Waals surface area (Å²) < 4.78 is 33.9. The number of sulfone groups is 1. The van der Waals surface area contributed by atoms with E-state index in [1.807, 2.05) is 13.8 Å². The van der Waals surface area contributed by atoms with Gasteiger partial charge in [-0.2, -0.15) is 0 Å². The molecule has 0 saturated heterocycles. The summed E-state index contributed by atoms with van der Waals surface area (Å²) >= 11 is 0. The first kappa shape index (κ1) is 18.9. The summed E-state index contributed by atoms with van der Waals surface area (Å²) in [5, 5.41) is -0.327. The second-order valence-corrected chi connectivity index (χ2v) is 8.56. The van der Waals surface area contributed by atoms with Crippen LogP contribution < -0.4 is 0 Å². The Labute approximate surface area is 132 Å². The third-order valence-corrected chi connectivity index (χ3v) is 6.08. The number of ether oxygens (including phenoxy) is 2. The highest BCUT2D eigenvalue weighted by Crippen LogP contribution is 2.25. The van der Waals surface area contributed by atoms with Crippen LogP contribution in [-0.2, 0) is 28.9 Å². The first-order valence-electron chi connectivity index (χ1n) is 7.75. The monoisotopic (exact) mass is 334 g/mol. The van der Waals surface area contributed by atoms with Crippen LogP contribution in [0.5, 0.6) is 0 Å². The lowest BCUT2D eigenvalue weighted by Crippen LogP contribution is -2.31. The summed E-state index contributed by atoms with van der Waals surface area (Å²) in [6.45, 7) is 3.79. The molecule has 0 heterocycles. The molecule has 22 heavy (non-hydrogen) atoms. The Morgan fingerprint density at radius 2 is 1.77 bits per heavy atom. The van der Waals surface area contributed by atoms with Gasteiger partial charge in [-0.1, -0.05) is 26.7 Å². The Bertz CT molecular complexity index is 476. The molecule has 0 spiro atoms. The molecule has 7 heteroatoms. The minimum absolute atomic E-state index is 0.152. The molecule has 0 amide bonds. The number of hydrogen-bond acceptors (Lipinski definition) is 6. The number of carbonyl (C=O) groups is 2. The number of methoxy groups -OCH3 is 1. The first-order chi connectivity index (χ1) is 10.3. The maximum absolute atomic E-state index is 12.1. The van der Waals surface area contributed by atoms with Crippen molar-refractivity contribution in [2.24, 2.45) is 5.92 Å². The van der Waals surface area contributed by atoms with E-state index >= 15 is 0 Å². The number of hydrogen-bond donors (Lipinski definition) is 0. The van der Waals surface area contributed by atoms with Crippen molar-refractivity contribution in [3.63, 3.8) is 0 Å². The molecule has 1 aliphatic rings. The van der Waals surface area contributed by atoms with Gasteiger partial charge in [0.05, 0.1) is 24.5 Å². The largest absolute Gasteiger partial charge is 0.466 e. The lowest BCUT2D eigenvalue weighted by Gasteiger charge is -2.17. The van der Waals surface area contributed by atoms with Gasteiger partial charge in [-0.3, -0.25) is 4.79 Å². The maximum atomic E-state index is 12.1. The van der Waals surface area contributed by atoms with Crippen LogP contribution in [0.4, 0.5) is 0 Å². The van der Waals surface area contributed by atoms with Crippen molar-refractivity contribution in [1.29, 1.82) is 0 Å². The van der Waals surface area contributed by atoms with E-state index in [0.29, 0.717) is 19.3 Å². The van der Waals surface area contributed by atoms with Crippen LogP contribution in [0.15, 0.2) is 0 Å². The molecule has 0 aromatic rings. The fourth-order valence-electron chi connectivity index (χ4n) is 2.61. The SMILES string of the molecule is COC(=O)C(CC(C)C)OC(=O)CCS(=O)(=O)C1CCCC1. The van der Waals surface area contributed by atoms with Crippen molar-refractivity contribution in [2.45, 2.75) is 63.7 Å². The zero-order chi connectivity index (χ0) is 16.8. The molecule has 0 aromatic heterocycles. The van der Waals surface area contributed by atoms with E-state index in [9.17, 15) is 18.0 Å². The van der Waals surface area contributed by atoms with Gasteiger partial charge < -0.3 is 9.47 Å². The molecule has 0 bridgehead atoms. The molecule has 0 aliphatic heterocycles. The predicted molar refractivity (Wildman–Crippen MR) is 82.0 cm³/mol. The van der Waals surface area contributed by atoms with Gasteiger partial charge >= 0.3 is 11.9 Å². The minimum atomic E-state index is -3.26. The van der Waals surface area contributed by atoms with Gasteiger partial charge in [-0.15, -0.1) is 0 Å². The quantitative estimate of drug-likeness (QED) is 0.630. The summed E-state index contributed by atoms with van der Waals surface area (Å²) in [5.41, 5.74) is 0. The molecule has 128 valence electrons. The van der Waals surface area contributed by atoms with Gasteiger partial charge in [-0.25, -0.2) is 13.2 Å². The van der Waals surface area contributed by atoms with Gasteiger partial charge in [0.25, 0.3) is 0 Å². The van der Waals surface area contributed by atoms with Crippen molar-refractivity contribution in [2.75, 3.05) is 12.9 Å². The zero-order valence-electron chi connectivity index (χ0n) is 13.5. The zero-order valence-corrected chi connectivity index (χ0v) is 14.4. The van der Waals surface area contributed by atoms with Crippen LogP contribution in [0.1, 0.15) is 52.4 Å². The summed E-state index contributed by atoms with van der Waals surface area (Å²) in [4.78, 5) is 23.4. The Balaban J connectivity index is 2.51. The standard InChI is InChI=1S/C15H26O6S/c1-11(2)10-13(15(17)20-3)21-14(16)8-9-22(18,19)12-6-4-5-7-12/h11-13H,4-10H2,1-3H3. The lowest BCUT2D eigenvalue weighted by molar-refractivity contribution is -0.166. The van der Waals surface area contributed by atoms with Gasteiger partial charge in [0.1, 0.15) is 0 Å². The normalized spacial score (nSPS) is 17.5. The molecular formula is C15H26O6S. The fourth-order valence-corrected chi connectivity index (χ4v) is 4.45. The maximum Gasteiger partial charge on any atom is 0.347 e. The molecular weight excluding hydrogens is 308 g/mol. The van der Waals surface area contributed by atoms with Crippen LogP contribution in [0.25, 0.3) is 0 Å². The first-order valence-corrected chi connectivity index (χ1v) is 9.46. The van der Waals surface area contributed by atoms with E-state index in [4.69, 9.17) is 4.74 Å². The smallest absolute Gasteiger partial charge is 0.347 e. The van der Waals surface area contributed by atoms with E-state index in [-0.39, 0.29) is 23.3 Å². The van der Waals surface area contributed by atoms with Crippen LogP contribution in [0.2, 0.25) is 0 Å². The second kappa shape index (κ2) is 8.50. The highest BCUT2D eigenvalue weighted by molar-refractivity contribution is 7.92. The van der Waals surface area contributed by atoms with Gasteiger partial charge in [0, 0.05) is 0 Å². The number of carbonyl (C=O) groups excluding carboxylic acids is 2. The van der Waals surface area contributed by atoms with E-state index in [2.05, 4.69) is 4.74 Å². The van der Waals surface area contributed by atoms with Crippen LogP contribution in [0, 0.1) is 5.92 Å². The van der Waals surface area contributed by atoms with E-state index in [1.165, 1.54) is 7.11 Å². The third kappa shape index (κ3) is 5.94. The molecule has 0 N–H and O–H groups in total. The van der Waals surface area contributed by atoms with Crippen molar-refractivity contribution >= 4 is 21.8 Å². The van der Waals surface area contributed by atoms with Gasteiger partial charge in [0.2, 0.25) is 0 Å². The van der Waals surface area contributed by atoms with E-state index < -0.39 is 27.9 Å². The topological polar surface area (TPSA) is 86.7 Å². The van der Waals surface area contributed by atoms with Crippen LogP contribution in [-0.4, -0.2) is 44.6 Å². The Morgan fingerprint density at radius 1 is 1.18 bits per heavy atom. The average molecular weight is 334 g/mol. The minimum Gasteiger partial charge on any atom is -0.466 e. The molecule has 1 aliphatic carbocycles. The van der Waals surface area contributed by atoms with Crippen LogP contribution >= 0.6 is 0 Å². The third-order valence-electron chi connectivity index (χ3n) is 3.82. The molecule has 1 atom stereocenters. The van der Waals surface area contributed by atoms with Crippen molar-refractivity contribution in [3.05, 3.63) is 0 Å². The van der Waals surface area contributed by atoms with E-state index in [1.54, 1.807) is 0 Å². The second-order valence-electron chi connectivity index (χ2n) is 6.15. The molecule has 1 fully saturated rings. The summed E-state index contributed by atoms with van der Waals surface area (Å²) in [7, 11) is -2.03. The van der Waals surface area contributed by atoms with E-state index in [0.717, 1.165) is 12.8 Å². The molecule has 0 radical (unpaired) electrons. The summed E-state index contributed by atoms with van der Waals surface area (Å²) in [5.74, 6) is -1.34. The molecule has 6 nitrogen and oxygen atoms in total. The highest BCUT2D eigenvalue weighted by atomic mass is 32.2. The average Bonchev–Trinajstić information content (AvgIpc) is 2.98. The molecule has 1 rings (SSSR count). The van der Waals surface area contributed by atoms with Crippen molar-refractivity contribution < 1.29 is 27.5 Å². The van der Waals surface area contributed by atoms with Crippen molar-refractivity contribution in [3.8, 4) is 0 Å². The fraction of sp³-hybridized carbons (Fsp3) is 0.867. The highest BCUT2D eigenvalue weighted by Gasteiger charge is 2.30. The molecule has 1 unspecified atom stereocenters. The van der Waals surface area contributed by atoms with Crippen molar-refractivity contribution in [1.82, 2.24) is 0 Å². The predicted octanol–water partition coefficient (Wildman–Crippen LogP) is 1.86. The Morgan fingerprint density at radius 3 is 2.27 bits per heavy atom.